The van der Waals surface area contributed by atoms with Gasteiger partial charge in [-0.3, -0.25) is 9.78 Å². The first-order valence-corrected chi connectivity index (χ1v) is 7.75. The van der Waals surface area contributed by atoms with Gasteiger partial charge in [0.15, 0.2) is 13.2 Å². The zero-order valence-electron chi connectivity index (χ0n) is 14.1. The van der Waals surface area contributed by atoms with Crippen LogP contribution in [0.2, 0.25) is 0 Å². The molecule has 0 radical (unpaired) electrons. The Labute approximate surface area is 162 Å². The van der Waals surface area contributed by atoms with Gasteiger partial charge in [-0.15, -0.1) is 0 Å². The molecule has 0 aliphatic carbocycles. The third-order valence-electron chi connectivity index (χ3n) is 3.15. The van der Waals surface area contributed by atoms with Gasteiger partial charge in [-0.2, -0.15) is 26.3 Å². The Morgan fingerprint density at radius 3 is 2.21 bits per heavy atom. The number of aromatic nitrogens is 1. The number of rotatable bonds is 7. The zero-order chi connectivity index (χ0) is 20.8. The van der Waals surface area contributed by atoms with Crippen molar-refractivity contribution in [3.05, 3.63) is 53.9 Å². The minimum Gasteiger partial charge on any atom is -0.484 e. The average Bonchev–Trinajstić information content (AvgIpc) is 2.62. The Bertz CT molecular complexity index is 794. The summed E-state index contributed by atoms with van der Waals surface area (Å²) in [6, 6.07) is 7.71. The van der Waals surface area contributed by atoms with E-state index in [0.29, 0.717) is 5.69 Å². The van der Waals surface area contributed by atoms with Crippen LogP contribution in [0.5, 0.6) is 11.5 Å². The normalized spacial score (nSPS) is 11.4. The molecule has 1 aromatic carbocycles. The van der Waals surface area contributed by atoms with E-state index >= 15 is 0 Å². The lowest BCUT2D eigenvalue weighted by atomic mass is 10.1. The minimum atomic E-state index is -4.66. The fourth-order valence-electron chi connectivity index (χ4n) is 2.00. The predicted octanol–water partition coefficient (Wildman–Crippen LogP) is 4.53. The molecule has 160 valence electrons. The quantitative estimate of drug-likeness (QED) is 0.664. The van der Waals surface area contributed by atoms with Crippen LogP contribution in [0.15, 0.2) is 42.6 Å². The second-order valence-electron chi connectivity index (χ2n) is 5.47. The van der Waals surface area contributed by atoms with Crippen molar-refractivity contribution in [2.75, 3.05) is 13.2 Å². The Morgan fingerprint density at radius 2 is 1.62 bits per heavy atom. The van der Waals surface area contributed by atoms with Crippen molar-refractivity contribution in [1.29, 1.82) is 0 Å². The molecule has 5 nitrogen and oxygen atoms in total. The van der Waals surface area contributed by atoms with Crippen LogP contribution in [0.25, 0.3) is 0 Å². The second-order valence-corrected chi connectivity index (χ2v) is 5.47. The van der Waals surface area contributed by atoms with Crippen LogP contribution < -0.4 is 14.8 Å². The summed E-state index contributed by atoms with van der Waals surface area (Å²) in [6.07, 6.45) is -7.80. The van der Waals surface area contributed by atoms with Crippen LogP contribution >= 0.6 is 0 Å². The summed E-state index contributed by atoms with van der Waals surface area (Å²) >= 11 is 0. The summed E-state index contributed by atoms with van der Waals surface area (Å²) < 4.78 is 83.1. The summed E-state index contributed by atoms with van der Waals surface area (Å²) in [5, 5.41) is 2.41. The third-order valence-corrected chi connectivity index (χ3v) is 3.15. The second kappa shape index (κ2) is 9.99. The van der Waals surface area contributed by atoms with Crippen molar-refractivity contribution in [2.45, 2.75) is 26.3 Å². The van der Waals surface area contributed by atoms with Crippen LogP contribution in [0.1, 0.15) is 23.5 Å². The lowest BCUT2D eigenvalue weighted by Gasteiger charge is -2.15. The number of pyridine rings is 1. The Morgan fingerprint density at radius 1 is 0.966 bits per heavy atom. The van der Waals surface area contributed by atoms with E-state index in [1.165, 1.54) is 6.20 Å². The number of hydrogen-bond acceptors (Lipinski definition) is 4. The molecule has 0 spiro atoms. The number of halogens is 6. The van der Waals surface area contributed by atoms with Crippen LogP contribution in [-0.2, 0) is 6.54 Å². The Hall–Kier alpha value is -2.98. The smallest absolute Gasteiger partial charge is 0.422 e. The molecule has 11 heteroatoms. The standard InChI is InChI=1S/C17H14F6N2O3.CH4/c18-16(19,20)9-27-12-4-5-14(28-10-17(21,22)23)13(7-12)15(26)25-8-11-3-1-2-6-24-11;/h1-7H,8-10H2,(H,25,26);1H4. The molecule has 0 fully saturated rings. The molecule has 0 saturated carbocycles. The molecule has 0 saturated heterocycles. The van der Waals surface area contributed by atoms with Gasteiger partial charge in [0.2, 0.25) is 0 Å². The number of alkyl halides is 6. The molecule has 0 aliphatic heterocycles. The number of carbonyl (C=O) groups is 1. The summed E-state index contributed by atoms with van der Waals surface area (Å²) in [7, 11) is 0. The third kappa shape index (κ3) is 8.71. The summed E-state index contributed by atoms with van der Waals surface area (Å²) in [6.45, 7) is -3.34. The molecular weight excluding hydrogens is 406 g/mol. The molecule has 0 aliphatic rings. The van der Waals surface area contributed by atoms with E-state index in [1.807, 2.05) is 0 Å². The highest BCUT2D eigenvalue weighted by atomic mass is 19.4. The number of nitrogens with one attached hydrogen (secondary N) is 1. The number of carbonyl (C=O) groups excluding carboxylic acids is 1. The van der Waals surface area contributed by atoms with Crippen molar-refractivity contribution < 1.29 is 40.6 Å². The molecule has 0 atom stereocenters. The zero-order valence-corrected chi connectivity index (χ0v) is 14.1. The summed E-state index contributed by atoms with van der Waals surface area (Å²) in [4.78, 5) is 16.3. The molecule has 0 bridgehead atoms. The van der Waals surface area contributed by atoms with E-state index in [0.717, 1.165) is 18.2 Å². The molecule has 1 N–H and O–H groups in total. The Balaban J connectivity index is 0.00000420. The lowest BCUT2D eigenvalue weighted by molar-refractivity contribution is -0.154. The van der Waals surface area contributed by atoms with Gasteiger partial charge in [0.25, 0.3) is 5.91 Å². The van der Waals surface area contributed by atoms with E-state index in [-0.39, 0.29) is 19.7 Å². The van der Waals surface area contributed by atoms with Crippen molar-refractivity contribution >= 4 is 5.91 Å². The molecule has 1 heterocycles. The molecule has 1 aromatic heterocycles. The lowest BCUT2D eigenvalue weighted by Crippen LogP contribution is -2.26. The summed E-state index contributed by atoms with van der Waals surface area (Å²) in [5.74, 6) is -1.66. The van der Waals surface area contributed by atoms with Crippen molar-refractivity contribution in [3.8, 4) is 11.5 Å². The average molecular weight is 424 g/mol. The van der Waals surface area contributed by atoms with E-state index < -0.39 is 42.8 Å². The largest absolute Gasteiger partial charge is 0.484 e. The highest BCUT2D eigenvalue weighted by Gasteiger charge is 2.30. The maximum absolute atomic E-state index is 12.4. The van der Waals surface area contributed by atoms with Crippen molar-refractivity contribution in [1.82, 2.24) is 10.3 Å². The number of hydrogen-bond donors (Lipinski definition) is 1. The monoisotopic (exact) mass is 424 g/mol. The molecule has 2 rings (SSSR count). The molecule has 29 heavy (non-hydrogen) atoms. The molecule has 1 amide bonds. The molecule has 0 unspecified atom stereocenters. The van der Waals surface area contributed by atoms with Crippen molar-refractivity contribution in [2.24, 2.45) is 0 Å². The molecular formula is C18H18F6N2O3. The van der Waals surface area contributed by atoms with Gasteiger partial charge < -0.3 is 14.8 Å². The fraction of sp³-hybridized carbons (Fsp3) is 0.333. The first-order chi connectivity index (χ1) is 13.0. The topological polar surface area (TPSA) is 60.5 Å². The number of benzene rings is 1. The van der Waals surface area contributed by atoms with Gasteiger partial charge in [-0.05, 0) is 30.3 Å². The van der Waals surface area contributed by atoms with E-state index in [1.54, 1.807) is 18.2 Å². The predicted molar refractivity (Wildman–Crippen MR) is 91.7 cm³/mol. The van der Waals surface area contributed by atoms with Gasteiger partial charge in [0.1, 0.15) is 11.5 Å². The highest BCUT2D eigenvalue weighted by molar-refractivity contribution is 5.97. The fourth-order valence-corrected chi connectivity index (χ4v) is 2.00. The maximum atomic E-state index is 12.4. The van der Waals surface area contributed by atoms with Gasteiger partial charge in [-0.25, -0.2) is 0 Å². The van der Waals surface area contributed by atoms with Crippen LogP contribution in [-0.4, -0.2) is 36.5 Å². The number of ether oxygens (including phenoxy) is 2. The van der Waals surface area contributed by atoms with E-state index in [2.05, 4.69) is 19.8 Å². The summed E-state index contributed by atoms with van der Waals surface area (Å²) in [5.41, 5.74) is 0.0675. The number of amides is 1. The van der Waals surface area contributed by atoms with Crippen LogP contribution in [0, 0.1) is 0 Å². The van der Waals surface area contributed by atoms with Crippen molar-refractivity contribution in [3.63, 3.8) is 0 Å². The Kier molecular flexibility index (Phi) is 8.28. The van der Waals surface area contributed by atoms with E-state index in [9.17, 15) is 31.1 Å². The minimum absolute atomic E-state index is 0. The van der Waals surface area contributed by atoms with Gasteiger partial charge in [0.05, 0.1) is 17.8 Å². The number of nitrogens with zero attached hydrogens (tertiary/aromatic N) is 1. The first kappa shape index (κ1) is 24.1. The van der Waals surface area contributed by atoms with Crippen LogP contribution in [0.3, 0.4) is 0 Å². The van der Waals surface area contributed by atoms with Gasteiger partial charge in [0, 0.05) is 6.20 Å². The first-order valence-electron chi connectivity index (χ1n) is 7.75. The SMILES string of the molecule is C.O=C(NCc1ccccn1)c1cc(OCC(F)(F)F)ccc1OCC(F)(F)F. The molecule has 2 aromatic rings. The highest BCUT2D eigenvalue weighted by Crippen LogP contribution is 2.27. The van der Waals surface area contributed by atoms with E-state index in [4.69, 9.17) is 0 Å². The van der Waals surface area contributed by atoms with Gasteiger partial charge >= 0.3 is 12.4 Å². The van der Waals surface area contributed by atoms with Crippen LogP contribution in [0.4, 0.5) is 26.3 Å². The van der Waals surface area contributed by atoms with Gasteiger partial charge in [-0.1, -0.05) is 13.5 Å². The maximum Gasteiger partial charge on any atom is 0.422 e.